The summed E-state index contributed by atoms with van der Waals surface area (Å²) in [6, 6.07) is 20.7. The highest BCUT2D eigenvalue weighted by Gasteiger charge is 2.30. The molecule has 1 atom stereocenters. The Kier molecular flexibility index (Phi) is 11.8. The molecule has 0 spiro atoms. The number of rotatable bonds is 13. The van der Waals surface area contributed by atoms with Crippen molar-refractivity contribution in [3.63, 3.8) is 0 Å². The van der Waals surface area contributed by atoms with E-state index in [1.54, 1.807) is 29.2 Å². The summed E-state index contributed by atoms with van der Waals surface area (Å²) in [6.07, 6.45) is 2.18. The zero-order valence-corrected chi connectivity index (χ0v) is 23.1. The summed E-state index contributed by atoms with van der Waals surface area (Å²) in [5.74, 6) is -0.479. The van der Waals surface area contributed by atoms with E-state index in [0.29, 0.717) is 28.6 Å². The van der Waals surface area contributed by atoms with Crippen LogP contribution in [0.25, 0.3) is 0 Å². The van der Waals surface area contributed by atoms with Crippen molar-refractivity contribution in [1.29, 1.82) is 0 Å². The van der Waals surface area contributed by atoms with Crippen molar-refractivity contribution in [3.05, 3.63) is 105 Å². The minimum atomic E-state index is -0.708. The molecule has 0 fully saturated rings. The summed E-state index contributed by atoms with van der Waals surface area (Å²) in [4.78, 5) is 28.6. The summed E-state index contributed by atoms with van der Waals surface area (Å²) >= 11 is 13.5. The van der Waals surface area contributed by atoms with Crippen molar-refractivity contribution in [2.45, 2.75) is 44.5 Å². The van der Waals surface area contributed by atoms with Gasteiger partial charge in [-0.3, -0.25) is 9.59 Å². The summed E-state index contributed by atoms with van der Waals surface area (Å²) in [7, 11) is 0. The van der Waals surface area contributed by atoms with Crippen LogP contribution in [0.1, 0.15) is 36.5 Å². The van der Waals surface area contributed by atoms with Crippen LogP contribution in [-0.4, -0.2) is 35.1 Å². The van der Waals surface area contributed by atoms with E-state index < -0.39 is 11.9 Å². The van der Waals surface area contributed by atoms with Crippen LogP contribution < -0.4 is 5.32 Å². The van der Waals surface area contributed by atoms with Gasteiger partial charge in [-0.2, -0.15) is 0 Å². The molecule has 1 N–H and O–H groups in total. The molecule has 3 aromatic rings. The molecule has 0 saturated heterocycles. The van der Waals surface area contributed by atoms with Gasteiger partial charge < -0.3 is 10.2 Å². The molecule has 3 aromatic carbocycles. The van der Waals surface area contributed by atoms with Gasteiger partial charge in [0.05, 0.1) is 5.75 Å². The first-order valence-corrected chi connectivity index (χ1v) is 14.2. The third kappa shape index (κ3) is 9.06. The van der Waals surface area contributed by atoms with Gasteiger partial charge in [0.1, 0.15) is 11.9 Å². The molecule has 8 heteroatoms. The fourth-order valence-corrected chi connectivity index (χ4v) is 5.22. The van der Waals surface area contributed by atoms with Crippen LogP contribution >= 0.6 is 35.0 Å². The highest BCUT2D eigenvalue weighted by atomic mass is 35.5. The number of benzene rings is 3. The molecule has 0 aliphatic carbocycles. The second-order valence-electron chi connectivity index (χ2n) is 8.69. The molecule has 0 aliphatic rings. The molecule has 0 heterocycles. The van der Waals surface area contributed by atoms with E-state index in [1.165, 1.54) is 17.8 Å². The molecule has 37 heavy (non-hydrogen) atoms. The number of thioether (sulfide) groups is 1. The third-order valence-corrected chi connectivity index (χ3v) is 7.45. The van der Waals surface area contributed by atoms with E-state index in [2.05, 4.69) is 12.2 Å². The van der Waals surface area contributed by atoms with Crippen molar-refractivity contribution in [3.8, 4) is 0 Å². The van der Waals surface area contributed by atoms with Gasteiger partial charge in [0, 0.05) is 40.9 Å². The number of halogens is 3. The predicted octanol–water partition coefficient (Wildman–Crippen LogP) is 6.92. The smallest absolute Gasteiger partial charge is 0.243 e. The normalized spacial score (nSPS) is 11.7. The van der Waals surface area contributed by atoms with Crippen LogP contribution in [0.3, 0.4) is 0 Å². The Bertz CT molecular complexity index is 1140. The Balaban J connectivity index is 1.84. The maximum atomic E-state index is 14.2. The molecule has 0 aromatic heterocycles. The van der Waals surface area contributed by atoms with E-state index in [1.807, 2.05) is 42.5 Å². The number of nitrogens with zero attached hydrogens (tertiary/aromatic N) is 1. The first kappa shape index (κ1) is 29.0. The largest absolute Gasteiger partial charge is 0.354 e. The zero-order valence-electron chi connectivity index (χ0n) is 20.8. The Morgan fingerprint density at radius 1 is 0.973 bits per heavy atom. The fraction of sp³-hybridized carbons (Fsp3) is 0.310. The minimum absolute atomic E-state index is 0.0752. The van der Waals surface area contributed by atoms with Gasteiger partial charge in [0.2, 0.25) is 11.8 Å². The lowest BCUT2D eigenvalue weighted by Crippen LogP contribution is -2.51. The van der Waals surface area contributed by atoms with Crippen LogP contribution in [0.2, 0.25) is 10.0 Å². The average molecular weight is 562 g/mol. The molecular formula is C29H31Cl2FN2O2S. The van der Waals surface area contributed by atoms with Gasteiger partial charge in [-0.25, -0.2) is 4.39 Å². The first-order chi connectivity index (χ1) is 17.9. The summed E-state index contributed by atoms with van der Waals surface area (Å²) in [5.41, 5.74) is 2.18. The van der Waals surface area contributed by atoms with Gasteiger partial charge in [-0.1, -0.05) is 85.1 Å². The topological polar surface area (TPSA) is 49.4 Å². The van der Waals surface area contributed by atoms with Crippen molar-refractivity contribution in [2.75, 3.05) is 12.3 Å². The van der Waals surface area contributed by atoms with E-state index in [9.17, 15) is 14.0 Å². The van der Waals surface area contributed by atoms with Crippen molar-refractivity contribution in [1.82, 2.24) is 10.2 Å². The molecule has 0 saturated carbocycles. The predicted molar refractivity (Wildman–Crippen MR) is 151 cm³/mol. The van der Waals surface area contributed by atoms with Gasteiger partial charge in [-0.05, 0) is 41.8 Å². The van der Waals surface area contributed by atoms with E-state index in [-0.39, 0.29) is 29.9 Å². The first-order valence-electron chi connectivity index (χ1n) is 12.2. The van der Waals surface area contributed by atoms with E-state index in [4.69, 9.17) is 23.2 Å². The summed E-state index contributed by atoms with van der Waals surface area (Å²) in [6.45, 7) is 2.85. The van der Waals surface area contributed by atoms with Crippen LogP contribution in [0.5, 0.6) is 0 Å². The van der Waals surface area contributed by atoms with Gasteiger partial charge >= 0.3 is 0 Å². The molecule has 0 radical (unpaired) electrons. The van der Waals surface area contributed by atoms with Gasteiger partial charge in [-0.15, -0.1) is 11.8 Å². The molecular weight excluding hydrogens is 530 g/mol. The second kappa shape index (κ2) is 15.0. The molecule has 196 valence electrons. The third-order valence-electron chi connectivity index (χ3n) is 5.90. The number of hydrogen-bond acceptors (Lipinski definition) is 3. The van der Waals surface area contributed by atoms with Gasteiger partial charge in [0.15, 0.2) is 0 Å². The lowest BCUT2D eigenvalue weighted by molar-refractivity contribution is -0.139. The highest BCUT2D eigenvalue weighted by Crippen LogP contribution is 2.25. The molecule has 0 aliphatic heterocycles. The summed E-state index contributed by atoms with van der Waals surface area (Å²) < 4.78 is 14.2. The lowest BCUT2D eigenvalue weighted by Gasteiger charge is -2.31. The van der Waals surface area contributed by atoms with Gasteiger partial charge in [0.25, 0.3) is 0 Å². The molecule has 4 nitrogen and oxygen atoms in total. The average Bonchev–Trinajstić information content (AvgIpc) is 2.89. The molecule has 0 unspecified atom stereocenters. The van der Waals surface area contributed by atoms with Crippen LogP contribution in [0.4, 0.5) is 4.39 Å². The summed E-state index contributed by atoms with van der Waals surface area (Å²) in [5, 5.41) is 3.93. The minimum Gasteiger partial charge on any atom is -0.354 e. The quantitative estimate of drug-likeness (QED) is 0.231. The Morgan fingerprint density at radius 3 is 2.38 bits per heavy atom. The number of carbonyl (C=O) groups excluding carboxylic acids is 2. The second-order valence-corrected chi connectivity index (χ2v) is 10.5. The monoisotopic (exact) mass is 560 g/mol. The fourth-order valence-electron chi connectivity index (χ4n) is 3.84. The number of carbonyl (C=O) groups is 2. The van der Waals surface area contributed by atoms with Crippen molar-refractivity contribution in [2.24, 2.45) is 0 Å². The lowest BCUT2D eigenvalue weighted by atomic mass is 10.0. The highest BCUT2D eigenvalue weighted by molar-refractivity contribution is 7.99. The number of hydrogen-bond donors (Lipinski definition) is 1. The Labute approximate surface area is 232 Å². The number of unbranched alkanes of at least 4 members (excludes halogenated alkanes) is 1. The molecule has 3 rings (SSSR count). The van der Waals surface area contributed by atoms with Crippen LogP contribution in [0.15, 0.2) is 72.8 Å². The molecule has 2 amide bonds. The van der Waals surface area contributed by atoms with Crippen molar-refractivity contribution < 1.29 is 14.0 Å². The van der Waals surface area contributed by atoms with Crippen LogP contribution in [0, 0.1) is 5.82 Å². The Morgan fingerprint density at radius 2 is 1.70 bits per heavy atom. The van der Waals surface area contributed by atoms with E-state index in [0.717, 1.165) is 24.0 Å². The maximum Gasteiger partial charge on any atom is 0.243 e. The standard InChI is InChI=1S/C29H31Cl2FN2O2S/c1-2-3-16-33-29(36)27(17-21-8-5-4-6-9-21)34(18-22-12-14-23(30)15-13-22)28(35)20-37-19-24-25(31)10-7-11-26(24)32/h4-15,27H,2-3,16-20H2,1H3,(H,33,36)/t27-/m0/s1. The maximum absolute atomic E-state index is 14.2. The number of nitrogens with one attached hydrogen (secondary N) is 1. The van der Waals surface area contributed by atoms with Crippen molar-refractivity contribution >= 4 is 46.8 Å². The Hall–Kier alpha value is -2.54. The van der Waals surface area contributed by atoms with Crippen LogP contribution in [-0.2, 0) is 28.3 Å². The number of amides is 2. The van der Waals surface area contributed by atoms with E-state index >= 15 is 0 Å². The molecule has 0 bridgehead atoms. The zero-order chi connectivity index (χ0) is 26.6. The SMILES string of the molecule is CCCCNC(=O)[C@H](Cc1ccccc1)N(Cc1ccc(Cl)cc1)C(=O)CSCc1c(F)cccc1Cl.